The molecule has 0 aromatic heterocycles. The van der Waals surface area contributed by atoms with Gasteiger partial charge in [0, 0.05) is 19.3 Å². The van der Waals surface area contributed by atoms with Gasteiger partial charge in [0.1, 0.15) is 5.75 Å². The van der Waals surface area contributed by atoms with Gasteiger partial charge in [-0.15, -0.1) is 0 Å². The summed E-state index contributed by atoms with van der Waals surface area (Å²) >= 11 is 0. The summed E-state index contributed by atoms with van der Waals surface area (Å²) in [6.45, 7) is 4.23. The molecule has 2 N–H and O–H groups in total. The molecule has 0 aliphatic heterocycles. The van der Waals surface area contributed by atoms with Crippen LogP contribution in [-0.4, -0.2) is 25.6 Å². The summed E-state index contributed by atoms with van der Waals surface area (Å²) in [7, 11) is 1.85. The first-order valence-corrected chi connectivity index (χ1v) is 5.39. The minimum absolute atomic E-state index is 0.0970. The maximum absolute atomic E-state index is 11.4. The molecular weight excluding hydrogens is 204 g/mol. The van der Waals surface area contributed by atoms with E-state index in [9.17, 15) is 4.79 Å². The van der Waals surface area contributed by atoms with Crippen molar-refractivity contribution in [1.82, 2.24) is 5.32 Å². The van der Waals surface area contributed by atoms with E-state index in [0.717, 1.165) is 5.69 Å². The van der Waals surface area contributed by atoms with Gasteiger partial charge in [0.05, 0.1) is 0 Å². The van der Waals surface area contributed by atoms with E-state index in [-0.39, 0.29) is 5.91 Å². The highest BCUT2D eigenvalue weighted by Crippen LogP contribution is 2.16. The fourth-order valence-electron chi connectivity index (χ4n) is 1.28. The normalized spacial score (nSPS) is 11.7. The predicted octanol–water partition coefficient (Wildman–Crippen LogP) is 1.63. The molecule has 0 spiro atoms. The molecule has 1 unspecified atom stereocenters. The monoisotopic (exact) mass is 222 g/mol. The van der Waals surface area contributed by atoms with Gasteiger partial charge < -0.3 is 15.4 Å². The van der Waals surface area contributed by atoms with E-state index in [0.29, 0.717) is 12.3 Å². The number of hydrogen-bond acceptors (Lipinski definition) is 3. The second-order valence-electron chi connectivity index (χ2n) is 3.43. The zero-order valence-corrected chi connectivity index (χ0v) is 9.91. The number of ether oxygens (including phenoxy) is 1. The lowest BCUT2D eigenvalue weighted by molar-refractivity contribution is -0.127. The van der Waals surface area contributed by atoms with Crippen LogP contribution in [0.4, 0.5) is 5.69 Å². The highest BCUT2D eigenvalue weighted by molar-refractivity contribution is 5.80. The number of likely N-dealkylation sites (N-methyl/N-ethyl adjacent to an activating group) is 1. The van der Waals surface area contributed by atoms with Crippen LogP contribution in [0.1, 0.15) is 13.8 Å². The first kappa shape index (κ1) is 12.4. The van der Waals surface area contributed by atoms with E-state index < -0.39 is 6.10 Å². The highest BCUT2D eigenvalue weighted by atomic mass is 16.5. The maximum atomic E-state index is 11.4. The molecule has 0 heterocycles. The molecule has 1 atom stereocenters. The lowest BCUT2D eigenvalue weighted by Crippen LogP contribution is -2.36. The second kappa shape index (κ2) is 6.00. The molecule has 0 bridgehead atoms. The van der Waals surface area contributed by atoms with Crippen LogP contribution in [0.3, 0.4) is 0 Å². The number of amides is 1. The van der Waals surface area contributed by atoms with Gasteiger partial charge in [0.25, 0.3) is 5.91 Å². The number of rotatable bonds is 5. The van der Waals surface area contributed by atoms with Crippen molar-refractivity contribution in [2.45, 2.75) is 20.0 Å². The van der Waals surface area contributed by atoms with Gasteiger partial charge >= 0.3 is 0 Å². The molecule has 1 aromatic carbocycles. The van der Waals surface area contributed by atoms with Gasteiger partial charge in [-0.25, -0.2) is 0 Å². The van der Waals surface area contributed by atoms with Crippen molar-refractivity contribution in [1.29, 1.82) is 0 Å². The smallest absolute Gasteiger partial charge is 0.260 e. The molecule has 1 amide bonds. The highest BCUT2D eigenvalue weighted by Gasteiger charge is 2.12. The van der Waals surface area contributed by atoms with Crippen LogP contribution in [0.5, 0.6) is 5.75 Å². The molecule has 0 saturated carbocycles. The average molecular weight is 222 g/mol. The fraction of sp³-hybridized carbons (Fsp3) is 0.417. The first-order chi connectivity index (χ1) is 7.67. The molecule has 0 fully saturated rings. The molecular formula is C12H18N2O2. The molecule has 88 valence electrons. The molecule has 0 saturated heterocycles. The summed E-state index contributed by atoms with van der Waals surface area (Å²) in [6.07, 6.45) is -0.472. The van der Waals surface area contributed by atoms with Crippen LogP contribution >= 0.6 is 0 Å². The van der Waals surface area contributed by atoms with E-state index >= 15 is 0 Å². The predicted molar refractivity (Wildman–Crippen MR) is 64.8 cm³/mol. The Morgan fingerprint density at radius 1 is 1.38 bits per heavy atom. The zero-order valence-electron chi connectivity index (χ0n) is 9.91. The Hall–Kier alpha value is -1.71. The van der Waals surface area contributed by atoms with Crippen molar-refractivity contribution in [2.75, 3.05) is 18.9 Å². The number of carbonyl (C=O) groups is 1. The van der Waals surface area contributed by atoms with Crippen molar-refractivity contribution < 1.29 is 9.53 Å². The van der Waals surface area contributed by atoms with Crippen molar-refractivity contribution in [3.05, 3.63) is 24.3 Å². The van der Waals surface area contributed by atoms with Crippen molar-refractivity contribution in [3.8, 4) is 5.75 Å². The Morgan fingerprint density at radius 3 is 2.50 bits per heavy atom. The Morgan fingerprint density at radius 2 is 2.00 bits per heavy atom. The quantitative estimate of drug-likeness (QED) is 0.796. The third-order valence-corrected chi connectivity index (χ3v) is 2.18. The maximum Gasteiger partial charge on any atom is 0.260 e. The third-order valence-electron chi connectivity index (χ3n) is 2.18. The lowest BCUT2D eigenvalue weighted by atomic mass is 10.3. The zero-order chi connectivity index (χ0) is 12.0. The Balaban J connectivity index is 2.55. The van der Waals surface area contributed by atoms with Crippen LogP contribution in [0, 0.1) is 0 Å². The number of benzene rings is 1. The number of hydrogen-bond donors (Lipinski definition) is 2. The summed E-state index contributed by atoms with van der Waals surface area (Å²) in [5.74, 6) is 0.595. The summed E-state index contributed by atoms with van der Waals surface area (Å²) in [4.78, 5) is 11.4. The standard InChI is InChI=1S/C12H18N2O2/c1-4-14-12(15)9(2)16-11-7-5-10(13-3)6-8-11/h5-9,13H,4H2,1-3H3,(H,14,15). The molecule has 0 aliphatic carbocycles. The van der Waals surface area contributed by atoms with E-state index in [1.165, 1.54) is 0 Å². The van der Waals surface area contributed by atoms with Gasteiger partial charge in [-0.2, -0.15) is 0 Å². The van der Waals surface area contributed by atoms with Crippen LogP contribution in [0.15, 0.2) is 24.3 Å². The van der Waals surface area contributed by atoms with Crippen LogP contribution in [0.2, 0.25) is 0 Å². The number of carbonyl (C=O) groups excluding carboxylic acids is 1. The second-order valence-corrected chi connectivity index (χ2v) is 3.43. The Bertz CT molecular complexity index is 335. The summed E-state index contributed by atoms with van der Waals surface area (Å²) in [5.41, 5.74) is 1.01. The topological polar surface area (TPSA) is 50.4 Å². The van der Waals surface area contributed by atoms with Gasteiger partial charge in [0.2, 0.25) is 0 Å². The van der Waals surface area contributed by atoms with Gasteiger partial charge in [-0.3, -0.25) is 4.79 Å². The summed E-state index contributed by atoms with van der Waals surface area (Å²) in [6, 6.07) is 7.47. The molecule has 1 rings (SSSR count). The molecule has 0 aliphatic rings. The van der Waals surface area contributed by atoms with Crippen LogP contribution < -0.4 is 15.4 Å². The van der Waals surface area contributed by atoms with Gasteiger partial charge in [0.15, 0.2) is 6.10 Å². The van der Waals surface area contributed by atoms with Crippen molar-refractivity contribution in [3.63, 3.8) is 0 Å². The molecule has 1 aromatic rings. The van der Waals surface area contributed by atoms with Gasteiger partial charge in [-0.1, -0.05) is 0 Å². The van der Waals surface area contributed by atoms with Crippen molar-refractivity contribution >= 4 is 11.6 Å². The minimum Gasteiger partial charge on any atom is -0.481 e. The van der Waals surface area contributed by atoms with Crippen LogP contribution in [0.25, 0.3) is 0 Å². The van der Waals surface area contributed by atoms with Crippen molar-refractivity contribution in [2.24, 2.45) is 0 Å². The molecule has 16 heavy (non-hydrogen) atoms. The average Bonchev–Trinajstić information content (AvgIpc) is 2.30. The number of nitrogens with one attached hydrogen (secondary N) is 2. The van der Waals surface area contributed by atoms with E-state index in [1.807, 2.05) is 38.2 Å². The third kappa shape index (κ3) is 3.46. The summed E-state index contributed by atoms with van der Waals surface area (Å²) < 4.78 is 5.49. The fourth-order valence-corrected chi connectivity index (χ4v) is 1.28. The Kier molecular flexibility index (Phi) is 4.64. The van der Waals surface area contributed by atoms with E-state index in [1.54, 1.807) is 6.92 Å². The SMILES string of the molecule is CCNC(=O)C(C)Oc1ccc(NC)cc1. The van der Waals surface area contributed by atoms with Crippen LogP contribution in [-0.2, 0) is 4.79 Å². The lowest BCUT2D eigenvalue weighted by Gasteiger charge is -2.14. The van der Waals surface area contributed by atoms with Gasteiger partial charge in [-0.05, 0) is 38.1 Å². The largest absolute Gasteiger partial charge is 0.481 e. The molecule has 0 radical (unpaired) electrons. The number of anilines is 1. The van der Waals surface area contributed by atoms with E-state index in [4.69, 9.17) is 4.74 Å². The molecule has 4 heteroatoms. The first-order valence-electron chi connectivity index (χ1n) is 5.39. The van der Waals surface area contributed by atoms with E-state index in [2.05, 4.69) is 10.6 Å². The Labute approximate surface area is 96.0 Å². The molecule has 4 nitrogen and oxygen atoms in total. The minimum atomic E-state index is -0.472. The summed E-state index contributed by atoms with van der Waals surface area (Å²) in [5, 5.41) is 5.73.